The first-order valence-electron chi connectivity index (χ1n) is 8.72. The van der Waals surface area contributed by atoms with Crippen LogP contribution in [0.1, 0.15) is 29.8 Å². The van der Waals surface area contributed by atoms with Crippen molar-refractivity contribution in [2.75, 3.05) is 12.4 Å². The van der Waals surface area contributed by atoms with Crippen molar-refractivity contribution < 1.29 is 23.9 Å². The van der Waals surface area contributed by atoms with E-state index in [1.54, 1.807) is 54.6 Å². The number of amides is 1. The third-order valence-electron chi connectivity index (χ3n) is 3.98. The van der Waals surface area contributed by atoms with Gasteiger partial charge in [-0.15, -0.1) is 0 Å². The summed E-state index contributed by atoms with van der Waals surface area (Å²) in [7, 11) is 1.53. The molecule has 0 unspecified atom stereocenters. The number of anilines is 1. The number of benzene rings is 2. The van der Waals surface area contributed by atoms with Gasteiger partial charge in [0, 0.05) is 11.3 Å². The zero-order chi connectivity index (χ0) is 21.4. The highest BCUT2D eigenvalue weighted by Gasteiger charge is 2.20. The van der Waals surface area contributed by atoms with Crippen molar-refractivity contribution in [1.82, 2.24) is 0 Å². The van der Waals surface area contributed by atoms with Crippen molar-refractivity contribution in [3.8, 4) is 11.8 Å². The summed E-state index contributed by atoms with van der Waals surface area (Å²) in [6.45, 7) is 2.85. The number of ether oxygens (including phenoxy) is 2. The largest absolute Gasteiger partial charge is 0.497 e. The Labute approximate surface area is 168 Å². The third-order valence-corrected chi connectivity index (χ3v) is 3.98. The van der Waals surface area contributed by atoms with Crippen molar-refractivity contribution >= 4 is 29.4 Å². The number of carbonyl (C=O) groups is 3. The smallest absolute Gasteiger partial charge is 0.349 e. The molecule has 0 spiro atoms. The molecule has 7 heteroatoms. The molecule has 1 atom stereocenters. The Kier molecular flexibility index (Phi) is 7.26. The van der Waals surface area contributed by atoms with Gasteiger partial charge in [0.1, 0.15) is 17.4 Å². The molecular weight excluding hydrogens is 372 g/mol. The maximum atomic E-state index is 12.2. The second-order valence-corrected chi connectivity index (χ2v) is 6.11. The first-order valence-corrected chi connectivity index (χ1v) is 8.72. The van der Waals surface area contributed by atoms with Crippen LogP contribution in [0, 0.1) is 11.3 Å². The van der Waals surface area contributed by atoms with Crippen LogP contribution in [-0.4, -0.2) is 30.9 Å². The zero-order valence-electron chi connectivity index (χ0n) is 16.3. The fourth-order valence-electron chi connectivity index (χ4n) is 2.31. The molecule has 0 heterocycles. The van der Waals surface area contributed by atoms with Gasteiger partial charge >= 0.3 is 5.97 Å². The molecule has 0 bridgehead atoms. The first-order chi connectivity index (χ1) is 13.8. The normalized spacial score (nSPS) is 11.7. The number of nitrogens with one attached hydrogen (secondary N) is 1. The Hall–Kier alpha value is -3.92. The number of hydrogen-bond donors (Lipinski definition) is 1. The maximum Gasteiger partial charge on any atom is 0.349 e. The SMILES string of the molecule is COc1ccc(/C=C(\C#N)C(=O)O[C@@H](C)C(=O)Nc2ccc(C(C)=O)cc2)cc1. The van der Waals surface area contributed by atoms with Gasteiger partial charge in [0.15, 0.2) is 11.9 Å². The average molecular weight is 392 g/mol. The standard InChI is InChI=1S/C22H20N2O5/c1-14(25)17-6-8-19(9-7-17)24-21(26)15(2)29-22(27)18(13-23)12-16-4-10-20(28-3)11-5-16/h4-12,15H,1-3H3,(H,24,26)/b18-12+/t15-/m0/s1. The van der Waals surface area contributed by atoms with Crippen LogP contribution in [0.5, 0.6) is 5.75 Å². The summed E-state index contributed by atoms with van der Waals surface area (Å²) >= 11 is 0. The Bertz CT molecular complexity index is 970. The van der Waals surface area contributed by atoms with Gasteiger partial charge in [-0.3, -0.25) is 9.59 Å². The number of esters is 1. The Morgan fingerprint density at radius 1 is 1.07 bits per heavy atom. The topological polar surface area (TPSA) is 105 Å². The summed E-state index contributed by atoms with van der Waals surface area (Å²) in [5.41, 5.74) is 1.35. The van der Waals surface area contributed by atoms with Crippen LogP contribution in [0.15, 0.2) is 54.1 Å². The molecule has 0 fully saturated rings. The van der Waals surface area contributed by atoms with Gasteiger partial charge < -0.3 is 14.8 Å². The second kappa shape index (κ2) is 9.85. The van der Waals surface area contributed by atoms with Crippen LogP contribution >= 0.6 is 0 Å². The molecule has 2 rings (SSSR count). The molecule has 0 radical (unpaired) electrons. The van der Waals surface area contributed by atoms with Crippen molar-refractivity contribution in [3.05, 3.63) is 65.2 Å². The van der Waals surface area contributed by atoms with Gasteiger partial charge in [0.2, 0.25) is 0 Å². The van der Waals surface area contributed by atoms with Gasteiger partial charge in [-0.2, -0.15) is 5.26 Å². The summed E-state index contributed by atoms with van der Waals surface area (Å²) in [5, 5.41) is 11.8. The monoisotopic (exact) mass is 392 g/mol. The molecule has 0 saturated carbocycles. The number of rotatable bonds is 7. The molecule has 0 aromatic heterocycles. The first kappa shape index (κ1) is 21.4. The van der Waals surface area contributed by atoms with Crippen LogP contribution in [0.3, 0.4) is 0 Å². The van der Waals surface area contributed by atoms with Crippen molar-refractivity contribution in [2.24, 2.45) is 0 Å². The molecular formula is C22H20N2O5. The van der Waals surface area contributed by atoms with Crippen LogP contribution < -0.4 is 10.1 Å². The Morgan fingerprint density at radius 2 is 1.69 bits per heavy atom. The minimum atomic E-state index is -1.12. The van der Waals surface area contributed by atoms with E-state index in [0.29, 0.717) is 22.6 Å². The molecule has 148 valence electrons. The quantitative estimate of drug-likeness (QED) is 0.335. The summed E-state index contributed by atoms with van der Waals surface area (Å²) in [5.74, 6) is -0.906. The van der Waals surface area contributed by atoms with Crippen molar-refractivity contribution in [3.63, 3.8) is 0 Å². The van der Waals surface area contributed by atoms with E-state index in [-0.39, 0.29) is 11.4 Å². The predicted octanol–water partition coefficient (Wildman–Crippen LogP) is 3.38. The molecule has 7 nitrogen and oxygen atoms in total. The van der Waals surface area contributed by atoms with E-state index in [2.05, 4.69) is 5.32 Å². The predicted molar refractivity (Wildman–Crippen MR) is 107 cm³/mol. The number of nitrogens with zero attached hydrogens (tertiary/aromatic N) is 1. The average Bonchev–Trinajstić information content (AvgIpc) is 2.72. The lowest BCUT2D eigenvalue weighted by Gasteiger charge is -2.13. The van der Waals surface area contributed by atoms with E-state index in [0.717, 1.165) is 0 Å². The molecule has 2 aromatic carbocycles. The number of methoxy groups -OCH3 is 1. The second-order valence-electron chi connectivity index (χ2n) is 6.11. The Balaban J connectivity index is 2.01. The zero-order valence-corrected chi connectivity index (χ0v) is 16.3. The summed E-state index contributed by atoms with van der Waals surface area (Å²) in [6, 6.07) is 14.9. The number of carbonyl (C=O) groups excluding carboxylic acids is 3. The highest BCUT2D eigenvalue weighted by molar-refractivity contribution is 6.01. The van der Waals surface area contributed by atoms with Gasteiger partial charge in [-0.05, 0) is 61.9 Å². The van der Waals surface area contributed by atoms with E-state index in [1.807, 2.05) is 0 Å². The highest BCUT2D eigenvalue weighted by atomic mass is 16.5. The van der Waals surface area contributed by atoms with Gasteiger partial charge in [0.05, 0.1) is 7.11 Å². The lowest BCUT2D eigenvalue weighted by molar-refractivity contribution is -0.148. The number of Topliss-reactive ketones (excluding diaryl/α,β-unsaturated/α-hetero) is 1. The van der Waals surface area contributed by atoms with Crippen molar-refractivity contribution in [1.29, 1.82) is 5.26 Å². The molecule has 1 amide bonds. The highest BCUT2D eigenvalue weighted by Crippen LogP contribution is 2.15. The number of nitriles is 1. The van der Waals surface area contributed by atoms with E-state index in [1.165, 1.54) is 27.0 Å². The lowest BCUT2D eigenvalue weighted by Crippen LogP contribution is -2.30. The van der Waals surface area contributed by atoms with Crippen LogP contribution in [0.25, 0.3) is 6.08 Å². The summed E-state index contributed by atoms with van der Waals surface area (Å²) in [6.07, 6.45) is 0.245. The van der Waals surface area contributed by atoms with Crippen molar-refractivity contribution in [2.45, 2.75) is 20.0 Å². The summed E-state index contributed by atoms with van der Waals surface area (Å²) in [4.78, 5) is 35.7. The maximum absolute atomic E-state index is 12.2. The minimum Gasteiger partial charge on any atom is -0.497 e. The van der Waals surface area contributed by atoms with E-state index >= 15 is 0 Å². The molecule has 0 saturated heterocycles. The van der Waals surface area contributed by atoms with Crippen LogP contribution in [0.2, 0.25) is 0 Å². The fraction of sp³-hybridized carbons (Fsp3) is 0.182. The summed E-state index contributed by atoms with van der Waals surface area (Å²) < 4.78 is 10.2. The number of hydrogen-bond acceptors (Lipinski definition) is 6. The molecule has 29 heavy (non-hydrogen) atoms. The molecule has 0 aliphatic carbocycles. The Morgan fingerprint density at radius 3 is 2.21 bits per heavy atom. The molecule has 0 aliphatic heterocycles. The fourth-order valence-corrected chi connectivity index (χ4v) is 2.31. The molecule has 0 aliphatic rings. The van der Waals surface area contributed by atoms with Crippen LogP contribution in [0.4, 0.5) is 5.69 Å². The van der Waals surface area contributed by atoms with E-state index < -0.39 is 18.0 Å². The molecule has 1 N–H and O–H groups in total. The van der Waals surface area contributed by atoms with Gasteiger partial charge in [-0.25, -0.2) is 4.79 Å². The third kappa shape index (κ3) is 6.04. The minimum absolute atomic E-state index is 0.0853. The van der Waals surface area contributed by atoms with Crippen LogP contribution in [-0.2, 0) is 14.3 Å². The van der Waals surface area contributed by atoms with E-state index in [9.17, 15) is 19.6 Å². The van der Waals surface area contributed by atoms with Gasteiger partial charge in [0.25, 0.3) is 5.91 Å². The van der Waals surface area contributed by atoms with Gasteiger partial charge in [-0.1, -0.05) is 12.1 Å². The van der Waals surface area contributed by atoms with E-state index in [4.69, 9.17) is 9.47 Å². The molecule has 2 aromatic rings. The lowest BCUT2D eigenvalue weighted by atomic mass is 10.1. The number of ketones is 1.